The van der Waals surface area contributed by atoms with Crippen molar-refractivity contribution in [3.63, 3.8) is 0 Å². The van der Waals surface area contributed by atoms with Crippen LogP contribution >= 0.6 is 15.9 Å². The van der Waals surface area contributed by atoms with Crippen molar-refractivity contribution in [2.45, 2.75) is 20.0 Å². The molecule has 3 rings (SSSR count). The number of H-pyrrole nitrogens is 1. The SMILES string of the molecule is COc1cc2c(ccc3c(Br)c[nH]c32)cc1OC(C)C. The summed E-state index contributed by atoms with van der Waals surface area (Å²) in [4.78, 5) is 3.30. The van der Waals surface area contributed by atoms with E-state index in [0.717, 1.165) is 37.6 Å². The van der Waals surface area contributed by atoms with E-state index in [4.69, 9.17) is 9.47 Å². The number of methoxy groups -OCH3 is 1. The molecular weight excluding hydrogens is 318 g/mol. The van der Waals surface area contributed by atoms with E-state index in [9.17, 15) is 0 Å². The Morgan fingerprint density at radius 1 is 1.10 bits per heavy atom. The van der Waals surface area contributed by atoms with Gasteiger partial charge in [-0.25, -0.2) is 0 Å². The summed E-state index contributed by atoms with van der Waals surface area (Å²) in [7, 11) is 1.67. The van der Waals surface area contributed by atoms with Crippen molar-refractivity contribution >= 4 is 37.6 Å². The molecule has 0 amide bonds. The molecule has 4 heteroatoms. The van der Waals surface area contributed by atoms with Gasteiger partial charge in [0.15, 0.2) is 11.5 Å². The van der Waals surface area contributed by atoms with Crippen LogP contribution in [0.1, 0.15) is 13.8 Å². The lowest BCUT2D eigenvalue weighted by molar-refractivity contribution is 0.230. The summed E-state index contributed by atoms with van der Waals surface area (Å²) in [6.07, 6.45) is 2.07. The Hall–Kier alpha value is -1.68. The average Bonchev–Trinajstić information content (AvgIpc) is 2.79. The van der Waals surface area contributed by atoms with Crippen LogP contribution in [0.2, 0.25) is 0 Å². The summed E-state index contributed by atoms with van der Waals surface area (Å²) in [6, 6.07) is 8.26. The topological polar surface area (TPSA) is 34.2 Å². The second-order valence-corrected chi connectivity index (χ2v) is 5.87. The molecule has 0 saturated heterocycles. The number of hydrogen-bond donors (Lipinski definition) is 1. The van der Waals surface area contributed by atoms with E-state index in [1.165, 1.54) is 0 Å². The lowest BCUT2D eigenvalue weighted by Crippen LogP contribution is -2.06. The zero-order valence-electron chi connectivity index (χ0n) is 11.7. The van der Waals surface area contributed by atoms with Gasteiger partial charge in [-0.2, -0.15) is 0 Å². The molecule has 0 aliphatic rings. The van der Waals surface area contributed by atoms with Gasteiger partial charge in [0.25, 0.3) is 0 Å². The van der Waals surface area contributed by atoms with Crippen LogP contribution in [0.3, 0.4) is 0 Å². The summed E-state index contributed by atoms with van der Waals surface area (Å²) in [6.45, 7) is 4.02. The average molecular weight is 334 g/mol. The first-order valence-corrected chi connectivity index (χ1v) is 7.33. The number of aromatic amines is 1. The van der Waals surface area contributed by atoms with E-state index in [1.807, 2.05) is 32.2 Å². The molecule has 20 heavy (non-hydrogen) atoms. The van der Waals surface area contributed by atoms with Crippen molar-refractivity contribution in [1.29, 1.82) is 0 Å². The third kappa shape index (κ3) is 2.14. The molecule has 0 saturated carbocycles. The number of halogens is 1. The van der Waals surface area contributed by atoms with Gasteiger partial charge in [0.05, 0.1) is 18.7 Å². The third-order valence-corrected chi connectivity index (χ3v) is 3.92. The maximum absolute atomic E-state index is 5.82. The quantitative estimate of drug-likeness (QED) is 0.741. The number of benzene rings is 2. The molecule has 0 spiro atoms. The minimum Gasteiger partial charge on any atom is -0.493 e. The Morgan fingerprint density at radius 2 is 1.90 bits per heavy atom. The number of rotatable bonds is 3. The van der Waals surface area contributed by atoms with Crippen molar-refractivity contribution < 1.29 is 9.47 Å². The summed E-state index contributed by atoms with van der Waals surface area (Å²) in [5, 5.41) is 3.42. The molecule has 3 nitrogen and oxygen atoms in total. The first-order chi connectivity index (χ1) is 9.60. The smallest absolute Gasteiger partial charge is 0.162 e. The fourth-order valence-corrected chi connectivity index (χ4v) is 2.85. The predicted molar refractivity (Wildman–Crippen MR) is 85.8 cm³/mol. The van der Waals surface area contributed by atoms with Crippen LogP contribution in [0, 0.1) is 0 Å². The molecule has 0 atom stereocenters. The molecular formula is C16H16BrNO2. The van der Waals surface area contributed by atoms with Crippen LogP contribution < -0.4 is 9.47 Å². The minimum absolute atomic E-state index is 0.115. The zero-order valence-corrected chi connectivity index (χ0v) is 13.2. The summed E-state index contributed by atoms with van der Waals surface area (Å²) in [5.41, 5.74) is 1.10. The highest BCUT2D eigenvalue weighted by molar-refractivity contribution is 9.10. The summed E-state index contributed by atoms with van der Waals surface area (Å²) >= 11 is 3.55. The van der Waals surface area contributed by atoms with Crippen molar-refractivity contribution in [2.24, 2.45) is 0 Å². The summed E-state index contributed by atoms with van der Waals surface area (Å²) in [5.74, 6) is 1.53. The molecule has 0 bridgehead atoms. The van der Waals surface area contributed by atoms with Gasteiger partial charge in [0.2, 0.25) is 0 Å². The molecule has 1 aromatic heterocycles. The maximum Gasteiger partial charge on any atom is 0.162 e. The number of nitrogens with one attached hydrogen (secondary N) is 1. The first kappa shape index (κ1) is 13.3. The van der Waals surface area contributed by atoms with Crippen molar-refractivity contribution in [3.8, 4) is 11.5 Å². The normalized spacial score (nSPS) is 11.4. The lowest BCUT2D eigenvalue weighted by Gasteiger charge is -2.14. The second-order valence-electron chi connectivity index (χ2n) is 5.02. The Balaban J connectivity index is 2.29. The molecule has 0 fully saturated rings. The number of fused-ring (bicyclic) bond motifs is 3. The van der Waals surface area contributed by atoms with Gasteiger partial charge in [0, 0.05) is 21.4 Å². The molecule has 0 aliphatic heterocycles. The molecule has 1 N–H and O–H groups in total. The Morgan fingerprint density at radius 3 is 2.60 bits per heavy atom. The van der Waals surface area contributed by atoms with Gasteiger partial charge in [-0.05, 0) is 47.3 Å². The van der Waals surface area contributed by atoms with Crippen molar-refractivity contribution in [2.75, 3.05) is 7.11 Å². The third-order valence-electron chi connectivity index (χ3n) is 3.27. The number of aromatic nitrogens is 1. The van der Waals surface area contributed by atoms with Gasteiger partial charge in [-0.15, -0.1) is 0 Å². The predicted octanol–water partition coefficient (Wildman–Crippen LogP) is 4.88. The van der Waals surface area contributed by atoms with E-state index in [1.54, 1.807) is 7.11 Å². The molecule has 2 aromatic carbocycles. The second kappa shape index (κ2) is 5.02. The Bertz CT molecular complexity index is 777. The fourth-order valence-electron chi connectivity index (χ4n) is 2.40. The van der Waals surface area contributed by atoms with Crippen molar-refractivity contribution in [3.05, 3.63) is 34.9 Å². The molecule has 3 aromatic rings. The van der Waals surface area contributed by atoms with Crippen LogP contribution in [0.25, 0.3) is 21.7 Å². The number of ether oxygens (including phenoxy) is 2. The molecule has 0 aliphatic carbocycles. The fraction of sp³-hybridized carbons (Fsp3) is 0.250. The minimum atomic E-state index is 0.115. The lowest BCUT2D eigenvalue weighted by atomic mass is 10.1. The standard InChI is InChI=1S/C16H16BrNO2/c1-9(2)20-15-6-10-4-5-11-13(17)8-18-16(11)12(10)7-14(15)19-3/h4-9,18H,1-3H3. The van der Waals surface area contributed by atoms with Crippen LogP contribution in [0.5, 0.6) is 11.5 Å². The van der Waals surface area contributed by atoms with E-state index in [0.29, 0.717) is 0 Å². The van der Waals surface area contributed by atoms with E-state index in [2.05, 4.69) is 33.0 Å². The number of hydrogen-bond acceptors (Lipinski definition) is 2. The largest absolute Gasteiger partial charge is 0.493 e. The van der Waals surface area contributed by atoms with Crippen LogP contribution in [0.4, 0.5) is 0 Å². The van der Waals surface area contributed by atoms with Gasteiger partial charge in [-0.3, -0.25) is 0 Å². The molecule has 104 valence electrons. The Labute approximate surface area is 126 Å². The molecule has 0 unspecified atom stereocenters. The molecule has 0 radical (unpaired) electrons. The Kier molecular flexibility index (Phi) is 3.34. The van der Waals surface area contributed by atoms with E-state index >= 15 is 0 Å². The van der Waals surface area contributed by atoms with Gasteiger partial charge < -0.3 is 14.5 Å². The highest BCUT2D eigenvalue weighted by atomic mass is 79.9. The van der Waals surface area contributed by atoms with Crippen LogP contribution in [-0.4, -0.2) is 18.2 Å². The van der Waals surface area contributed by atoms with E-state index in [-0.39, 0.29) is 6.10 Å². The van der Waals surface area contributed by atoms with Crippen molar-refractivity contribution in [1.82, 2.24) is 4.98 Å². The van der Waals surface area contributed by atoms with E-state index < -0.39 is 0 Å². The highest BCUT2D eigenvalue weighted by Gasteiger charge is 2.12. The van der Waals surface area contributed by atoms with Gasteiger partial charge in [-0.1, -0.05) is 12.1 Å². The van der Waals surface area contributed by atoms with Crippen LogP contribution in [0.15, 0.2) is 34.9 Å². The van der Waals surface area contributed by atoms with Gasteiger partial charge in [0.1, 0.15) is 0 Å². The maximum atomic E-state index is 5.82. The monoisotopic (exact) mass is 333 g/mol. The summed E-state index contributed by atoms with van der Waals surface area (Å²) < 4.78 is 12.3. The van der Waals surface area contributed by atoms with Crippen LogP contribution in [-0.2, 0) is 0 Å². The zero-order chi connectivity index (χ0) is 14.3. The first-order valence-electron chi connectivity index (χ1n) is 6.54. The van der Waals surface area contributed by atoms with Gasteiger partial charge >= 0.3 is 0 Å². The highest BCUT2D eigenvalue weighted by Crippen LogP contribution is 2.37. The molecule has 1 heterocycles.